The van der Waals surface area contributed by atoms with Crippen LogP contribution in [0.1, 0.15) is 25.0 Å². The summed E-state index contributed by atoms with van der Waals surface area (Å²) in [6.45, 7) is 5.91. The summed E-state index contributed by atoms with van der Waals surface area (Å²) in [5, 5.41) is 2.79. The maximum atomic E-state index is 12.3. The summed E-state index contributed by atoms with van der Waals surface area (Å²) in [5.74, 6) is 0.180. The second kappa shape index (κ2) is 8.82. The van der Waals surface area contributed by atoms with E-state index in [-0.39, 0.29) is 11.4 Å². The van der Waals surface area contributed by atoms with Crippen LogP contribution < -0.4 is 14.8 Å². The Morgan fingerprint density at radius 1 is 1.08 bits per heavy atom. The van der Waals surface area contributed by atoms with Crippen molar-refractivity contribution in [2.24, 2.45) is 0 Å². The molecule has 140 valence electrons. The molecule has 0 radical (unpaired) electrons. The van der Waals surface area contributed by atoms with Crippen LogP contribution in [0.5, 0.6) is 5.75 Å². The predicted molar refractivity (Wildman–Crippen MR) is 102 cm³/mol. The molecular formula is C19H24N2O4S. The van der Waals surface area contributed by atoms with Crippen molar-refractivity contribution in [2.45, 2.75) is 32.1 Å². The highest BCUT2D eigenvalue weighted by atomic mass is 32.2. The predicted octanol–water partition coefficient (Wildman–Crippen LogP) is 2.87. The molecule has 6 nitrogen and oxygen atoms in total. The molecule has 0 aromatic heterocycles. The maximum Gasteiger partial charge on any atom is 0.241 e. The normalized spacial score (nSPS) is 11.2. The molecule has 0 aliphatic carbocycles. The Balaban J connectivity index is 2.02. The molecule has 2 rings (SSSR count). The van der Waals surface area contributed by atoms with Gasteiger partial charge in [0, 0.05) is 5.69 Å². The zero-order valence-corrected chi connectivity index (χ0v) is 16.0. The van der Waals surface area contributed by atoms with E-state index < -0.39 is 15.9 Å². The van der Waals surface area contributed by atoms with Crippen molar-refractivity contribution in [1.82, 2.24) is 4.72 Å². The highest BCUT2D eigenvalue weighted by Gasteiger charge is 2.16. The number of hydrogen-bond acceptors (Lipinski definition) is 4. The van der Waals surface area contributed by atoms with Crippen LogP contribution in [0.15, 0.2) is 47.4 Å². The molecule has 0 aliphatic rings. The molecule has 0 unspecified atom stereocenters. The number of sulfonamides is 1. The zero-order valence-electron chi connectivity index (χ0n) is 15.2. The second-order valence-electron chi connectivity index (χ2n) is 5.74. The summed E-state index contributed by atoms with van der Waals surface area (Å²) < 4.78 is 32.2. The van der Waals surface area contributed by atoms with Crippen LogP contribution in [0.4, 0.5) is 5.69 Å². The summed E-state index contributed by atoms with van der Waals surface area (Å²) in [6.07, 6.45) is 0.773. The van der Waals surface area contributed by atoms with Gasteiger partial charge in [0.05, 0.1) is 18.0 Å². The molecule has 1 amide bonds. The van der Waals surface area contributed by atoms with Crippen LogP contribution >= 0.6 is 0 Å². The van der Waals surface area contributed by atoms with Crippen LogP contribution in [-0.4, -0.2) is 27.5 Å². The largest absolute Gasteiger partial charge is 0.494 e. The topological polar surface area (TPSA) is 84.5 Å². The molecule has 2 aromatic carbocycles. The minimum Gasteiger partial charge on any atom is -0.494 e. The summed E-state index contributed by atoms with van der Waals surface area (Å²) in [4.78, 5) is 12.3. The first-order chi connectivity index (χ1) is 12.4. The Hall–Kier alpha value is -2.38. The zero-order chi connectivity index (χ0) is 19.2. The number of para-hydroxylation sites is 1. The average Bonchev–Trinajstić information content (AvgIpc) is 2.62. The highest BCUT2D eigenvalue weighted by molar-refractivity contribution is 7.89. The SMILES string of the molecule is CCOc1ccc(S(=O)(=O)NCC(=O)Nc2c(C)cccc2CC)cc1. The Kier molecular flexibility index (Phi) is 6.76. The van der Waals surface area contributed by atoms with E-state index in [1.807, 2.05) is 39.0 Å². The highest BCUT2D eigenvalue weighted by Crippen LogP contribution is 2.21. The summed E-state index contributed by atoms with van der Waals surface area (Å²) >= 11 is 0. The third-order valence-corrected chi connectivity index (χ3v) is 5.29. The average molecular weight is 376 g/mol. The van der Waals surface area contributed by atoms with E-state index in [1.165, 1.54) is 12.1 Å². The van der Waals surface area contributed by atoms with Crippen molar-refractivity contribution in [3.63, 3.8) is 0 Å². The first kappa shape index (κ1) is 19.9. The number of carbonyl (C=O) groups is 1. The number of aryl methyl sites for hydroxylation is 2. The van der Waals surface area contributed by atoms with Crippen molar-refractivity contribution >= 4 is 21.6 Å². The van der Waals surface area contributed by atoms with Crippen LogP contribution in [0, 0.1) is 6.92 Å². The Labute approximate surface area is 154 Å². The van der Waals surface area contributed by atoms with E-state index in [0.717, 1.165) is 23.2 Å². The van der Waals surface area contributed by atoms with Crippen molar-refractivity contribution in [3.8, 4) is 5.75 Å². The third-order valence-electron chi connectivity index (χ3n) is 3.87. The van der Waals surface area contributed by atoms with Gasteiger partial charge >= 0.3 is 0 Å². The molecule has 0 fully saturated rings. The van der Waals surface area contributed by atoms with Gasteiger partial charge in [0.25, 0.3) is 0 Å². The van der Waals surface area contributed by atoms with Gasteiger partial charge in [-0.2, -0.15) is 0 Å². The first-order valence-electron chi connectivity index (χ1n) is 8.48. The van der Waals surface area contributed by atoms with E-state index in [4.69, 9.17) is 4.74 Å². The summed E-state index contributed by atoms with van der Waals surface area (Å²) in [7, 11) is -3.77. The minimum atomic E-state index is -3.77. The molecule has 0 heterocycles. The van der Waals surface area contributed by atoms with E-state index in [1.54, 1.807) is 12.1 Å². The fourth-order valence-electron chi connectivity index (χ4n) is 2.51. The lowest BCUT2D eigenvalue weighted by molar-refractivity contribution is -0.115. The number of ether oxygens (including phenoxy) is 1. The van der Waals surface area contributed by atoms with Crippen LogP contribution in [0.25, 0.3) is 0 Å². The van der Waals surface area contributed by atoms with Gasteiger partial charge in [-0.25, -0.2) is 13.1 Å². The van der Waals surface area contributed by atoms with Gasteiger partial charge in [-0.15, -0.1) is 0 Å². The molecule has 0 aliphatic heterocycles. The van der Waals surface area contributed by atoms with Crippen LogP contribution in [-0.2, 0) is 21.2 Å². The van der Waals surface area contributed by atoms with Crippen LogP contribution in [0.2, 0.25) is 0 Å². The van der Waals surface area contributed by atoms with Gasteiger partial charge < -0.3 is 10.1 Å². The van der Waals surface area contributed by atoms with Gasteiger partial charge in [-0.1, -0.05) is 25.1 Å². The standard InChI is InChI=1S/C19H24N2O4S/c1-4-15-8-6-7-14(3)19(15)21-18(22)13-20-26(23,24)17-11-9-16(10-12-17)25-5-2/h6-12,20H,4-5,13H2,1-3H3,(H,21,22). The molecule has 26 heavy (non-hydrogen) atoms. The van der Waals surface area contributed by atoms with E-state index in [9.17, 15) is 13.2 Å². The van der Waals surface area contributed by atoms with E-state index in [0.29, 0.717) is 12.4 Å². The molecular weight excluding hydrogens is 352 g/mol. The number of anilines is 1. The molecule has 0 bridgehead atoms. The molecule has 0 saturated carbocycles. The molecule has 7 heteroatoms. The van der Waals surface area contributed by atoms with Crippen molar-refractivity contribution in [1.29, 1.82) is 0 Å². The molecule has 2 aromatic rings. The molecule has 0 spiro atoms. The quantitative estimate of drug-likeness (QED) is 0.742. The number of amides is 1. The Morgan fingerprint density at radius 3 is 2.38 bits per heavy atom. The Bertz CT molecular complexity index is 862. The molecule has 0 atom stereocenters. The monoisotopic (exact) mass is 376 g/mol. The lowest BCUT2D eigenvalue weighted by Gasteiger charge is -2.13. The van der Waals surface area contributed by atoms with Gasteiger partial charge in [-0.3, -0.25) is 4.79 Å². The first-order valence-corrected chi connectivity index (χ1v) is 9.96. The summed E-state index contributed by atoms with van der Waals surface area (Å²) in [6, 6.07) is 11.8. The minimum absolute atomic E-state index is 0.0823. The third kappa shape index (κ3) is 5.06. The van der Waals surface area contributed by atoms with Gasteiger partial charge in [0.1, 0.15) is 5.75 Å². The van der Waals surface area contributed by atoms with Crippen LogP contribution in [0.3, 0.4) is 0 Å². The van der Waals surface area contributed by atoms with E-state index in [2.05, 4.69) is 10.0 Å². The number of benzene rings is 2. The number of nitrogens with one attached hydrogen (secondary N) is 2. The Morgan fingerprint density at radius 2 is 1.77 bits per heavy atom. The molecule has 0 saturated heterocycles. The number of rotatable bonds is 8. The molecule has 2 N–H and O–H groups in total. The fraction of sp³-hybridized carbons (Fsp3) is 0.316. The van der Waals surface area contributed by atoms with Gasteiger partial charge in [-0.05, 0) is 55.7 Å². The van der Waals surface area contributed by atoms with Gasteiger partial charge in [0.2, 0.25) is 15.9 Å². The van der Waals surface area contributed by atoms with Crippen molar-refractivity contribution < 1.29 is 17.9 Å². The van der Waals surface area contributed by atoms with E-state index >= 15 is 0 Å². The van der Waals surface area contributed by atoms with Gasteiger partial charge in [0.15, 0.2) is 0 Å². The smallest absolute Gasteiger partial charge is 0.241 e. The number of carbonyl (C=O) groups excluding carboxylic acids is 1. The van der Waals surface area contributed by atoms with Crippen molar-refractivity contribution in [3.05, 3.63) is 53.6 Å². The maximum absolute atomic E-state index is 12.3. The summed E-state index contributed by atoms with van der Waals surface area (Å²) in [5.41, 5.74) is 2.68. The fourth-order valence-corrected chi connectivity index (χ4v) is 3.49. The van der Waals surface area contributed by atoms with Crippen molar-refractivity contribution in [2.75, 3.05) is 18.5 Å². The lowest BCUT2D eigenvalue weighted by atomic mass is 10.1. The lowest BCUT2D eigenvalue weighted by Crippen LogP contribution is -2.33. The number of hydrogen-bond donors (Lipinski definition) is 2. The second-order valence-corrected chi connectivity index (χ2v) is 7.51.